The molecule has 0 aromatic carbocycles. The first-order valence-electron chi connectivity index (χ1n) is 5.07. The topological polar surface area (TPSA) is 29.0 Å². The van der Waals surface area contributed by atoms with Gasteiger partial charge in [0.2, 0.25) is 0 Å². The number of rotatable bonds is 3. The molecule has 1 unspecified atom stereocenters. The Kier molecular flexibility index (Phi) is 3.81. The zero-order valence-corrected chi connectivity index (χ0v) is 10.7. The number of hydrogen-bond donors (Lipinski definition) is 0. The SMILES string of the molecule is ClCCC1CCN(c2ncncc2Br)C1. The summed E-state index contributed by atoms with van der Waals surface area (Å²) in [5.41, 5.74) is 0. The minimum atomic E-state index is 0.712. The van der Waals surface area contributed by atoms with Crippen molar-refractivity contribution in [2.24, 2.45) is 5.92 Å². The van der Waals surface area contributed by atoms with E-state index in [2.05, 4.69) is 30.8 Å². The molecular formula is C10H13BrClN3. The van der Waals surface area contributed by atoms with Crippen LogP contribution in [0.15, 0.2) is 17.0 Å². The van der Waals surface area contributed by atoms with Gasteiger partial charge in [-0.2, -0.15) is 0 Å². The molecule has 0 N–H and O–H groups in total. The molecule has 0 bridgehead atoms. The highest BCUT2D eigenvalue weighted by Gasteiger charge is 2.24. The number of aromatic nitrogens is 2. The van der Waals surface area contributed by atoms with Crippen molar-refractivity contribution in [3.05, 3.63) is 17.0 Å². The zero-order chi connectivity index (χ0) is 10.7. The summed E-state index contributed by atoms with van der Waals surface area (Å²) < 4.78 is 0.969. The van der Waals surface area contributed by atoms with Crippen molar-refractivity contribution in [3.63, 3.8) is 0 Å². The normalized spacial score (nSPS) is 20.9. The highest BCUT2D eigenvalue weighted by Crippen LogP contribution is 2.28. The minimum absolute atomic E-state index is 0.712. The maximum absolute atomic E-state index is 5.75. The van der Waals surface area contributed by atoms with Gasteiger partial charge in [0.05, 0.1) is 4.47 Å². The molecule has 5 heteroatoms. The average Bonchev–Trinajstić information content (AvgIpc) is 2.68. The van der Waals surface area contributed by atoms with Gasteiger partial charge in [-0.25, -0.2) is 9.97 Å². The molecule has 0 spiro atoms. The number of hydrogen-bond acceptors (Lipinski definition) is 3. The van der Waals surface area contributed by atoms with Crippen LogP contribution in [-0.2, 0) is 0 Å². The van der Waals surface area contributed by atoms with Crippen LogP contribution in [0.5, 0.6) is 0 Å². The molecule has 1 fully saturated rings. The third kappa shape index (κ3) is 2.61. The fourth-order valence-electron chi connectivity index (χ4n) is 1.95. The lowest BCUT2D eigenvalue weighted by molar-refractivity contribution is 0.572. The van der Waals surface area contributed by atoms with Crippen molar-refractivity contribution in [1.82, 2.24) is 9.97 Å². The van der Waals surface area contributed by atoms with Gasteiger partial charge in [0.15, 0.2) is 0 Å². The van der Waals surface area contributed by atoms with Gasteiger partial charge in [-0.3, -0.25) is 0 Å². The summed E-state index contributed by atoms with van der Waals surface area (Å²) in [5.74, 6) is 2.47. The molecule has 0 saturated carbocycles. The summed E-state index contributed by atoms with van der Waals surface area (Å²) in [6, 6.07) is 0. The second-order valence-electron chi connectivity index (χ2n) is 3.77. The molecule has 0 radical (unpaired) electrons. The summed E-state index contributed by atoms with van der Waals surface area (Å²) >= 11 is 9.23. The fourth-order valence-corrected chi connectivity index (χ4v) is 2.73. The van der Waals surface area contributed by atoms with Gasteiger partial charge in [0.25, 0.3) is 0 Å². The van der Waals surface area contributed by atoms with E-state index in [-0.39, 0.29) is 0 Å². The van der Waals surface area contributed by atoms with Crippen molar-refractivity contribution in [2.75, 3.05) is 23.9 Å². The molecule has 0 amide bonds. The van der Waals surface area contributed by atoms with Gasteiger partial charge in [0.1, 0.15) is 12.1 Å². The third-order valence-corrected chi connectivity index (χ3v) is 3.53. The Morgan fingerprint density at radius 1 is 1.60 bits per heavy atom. The Labute approximate surface area is 103 Å². The van der Waals surface area contributed by atoms with Crippen LogP contribution >= 0.6 is 27.5 Å². The van der Waals surface area contributed by atoms with Crippen LogP contribution in [-0.4, -0.2) is 28.9 Å². The molecule has 0 aliphatic carbocycles. The summed E-state index contributed by atoms with van der Waals surface area (Å²) in [6.07, 6.45) is 5.69. The number of alkyl halides is 1. The Morgan fingerprint density at radius 3 is 3.20 bits per heavy atom. The summed E-state index contributed by atoms with van der Waals surface area (Å²) in [7, 11) is 0. The predicted molar refractivity (Wildman–Crippen MR) is 65.4 cm³/mol. The van der Waals surface area contributed by atoms with Crippen molar-refractivity contribution < 1.29 is 0 Å². The van der Waals surface area contributed by atoms with E-state index in [0.717, 1.165) is 35.7 Å². The molecule has 2 heterocycles. The first-order valence-corrected chi connectivity index (χ1v) is 6.40. The van der Waals surface area contributed by atoms with Crippen molar-refractivity contribution in [2.45, 2.75) is 12.8 Å². The van der Waals surface area contributed by atoms with Crippen LogP contribution < -0.4 is 4.90 Å². The monoisotopic (exact) mass is 289 g/mol. The largest absolute Gasteiger partial charge is 0.355 e. The third-order valence-electron chi connectivity index (χ3n) is 2.75. The molecule has 1 aromatic heterocycles. The van der Waals surface area contributed by atoms with E-state index in [9.17, 15) is 0 Å². The second-order valence-corrected chi connectivity index (χ2v) is 5.00. The second kappa shape index (κ2) is 5.12. The van der Waals surface area contributed by atoms with Gasteiger partial charge >= 0.3 is 0 Å². The maximum Gasteiger partial charge on any atom is 0.146 e. The molecule has 1 atom stereocenters. The average molecular weight is 291 g/mol. The lowest BCUT2D eigenvalue weighted by atomic mass is 10.1. The van der Waals surface area contributed by atoms with Gasteiger partial charge < -0.3 is 4.90 Å². The molecule has 82 valence electrons. The predicted octanol–water partition coefficient (Wildman–Crippen LogP) is 2.69. The van der Waals surface area contributed by atoms with Crippen LogP contribution in [0, 0.1) is 5.92 Å². The minimum Gasteiger partial charge on any atom is -0.355 e. The number of anilines is 1. The Bertz CT molecular complexity index is 334. The summed E-state index contributed by atoms with van der Waals surface area (Å²) in [6.45, 7) is 2.12. The lowest BCUT2D eigenvalue weighted by Crippen LogP contribution is -2.21. The molecule has 3 nitrogen and oxygen atoms in total. The van der Waals surface area contributed by atoms with Gasteiger partial charge in [-0.1, -0.05) is 0 Å². The quantitative estimate of drug-likeness (QED) is 0.802. The molecule has 1 aliphatic rings. The smallest absolute Gasteiger partial charge is 0.146 e. The Balaban J connectivity index is 2.04. The fraction of sp³-hybridized carbons (Fsp3) is 0.600. The van der Waals surface area contributed by atoms with Gasteiger partial charge in [-0.05, 0) is 34.7 Å². The summed E-state index contributed by atoms with van der Waals surface area (Å²) in [5, 5.41) is 0. The van der Waals surface area contributed by atoms with E-state index in [1.165, 1.54) is 6.42 Å². The van der Waals surface area contributed by atoms with Crippen LogP contribution in [0.4, 0.5) is 5.82 Å². The van der Waals surface area contributed by atoms with E-state index in [4.69, 9.17) is 11.6 Å². The van der Waals surface area contributed by atoms with Gasteiger partial charge in [0, 0.05) is 25.2 Å². The van der Waals surface area contributed by atoms with E-state index < -0.39 is 0 Å². The first-order chi connectivity index (χ1) is 7.31. The van der Waals surface area contributed by atoms with E-state index in [0.29, 0.717) is 5.92 Å². The highest BCUT2D eigenvalue weighted by atomic mass is 79.9. The van der Waals surface area contributed by atoms with Crippen molar-refractivity contribution in [3.8, 4) is 0 Å². The Hall–Kier alpha value is -0.350. The molecule has 1 saturated heterocycles. The van der Waals surface area contributed by atoms with Crippen LogP contribution in [0.25, 0.3) is 0 Å². The Morgan fingerprint density at radius 2 is 2.47 bits per heavy atom. The standard InChI is InChI=1S/C10H13BrClN3/c11-9-5-13-7-14-10(9)15-4-2-8(6-15)1-3-12/h5,7-8H,1-4,6H2. The van der Waals surface area contributed by atoms with E-state index in [1.807, 2.05) is 0 Å². The van der Waals surface area contributed by atoms with E-state index in [1.54, 1.807) is 12.5 Å². The van der Waals surface area contributed by atoms with Crippen LogP contribution in [0.3, 0.4) is 0 Å². The maximum atomic E-state index is 5.75. The summed E-state index contributed by atoms with van der Waals surface area (Å²) in [4.78, 5) is 10.6. The molecule has 2 rings (SSSR count). The molecule has 15 heavy (non-hydrogen) atoms. The van der Waals surface area contributed by atoms with Crippen molar-refractivity contribution in [1.29, 1.82) is 0 Å². The first kappa shape index (κ1) is 11.1. The number of nitrogens with zero attached hydrogens (tertiary/aromatic N) is 3. The van der Waals surface area contributed by atoms with Crippen LogP contribution in [0.1, 0.15) is 12.8 Å². The molecule has 1 aliphatic heterocycles. The van der Waals surface area contributed by atoms with Gasteiger partial charge in [-0.15, -0.1) is 11.6 Å². The highest BCUT2D eigenvalue weighted by molar-refractivity contribution is 9.10. The van der Waals surface area contributed by atoms with Crippen LogP contribution in [0.2, 0.25) is 0 Å². The lowest BCUT2D eigenvalue weighted by Gasteiger charge is -2.18. The van der Waals surface area contributed by atoms with E-state index >= 15 is 0 Å². The molecule has 1 aromatic rings. The number of halogens is 2. The zero-order valence-electron chi connectivity index (χ0n) is 8.37. The molecular weight excluding hydrogens is 277 g/mol. The van der Waals surface area contributed by atoms with Crippen molar-refractivity contribution >= 4 is 33.3 Å².